The monoisotopic (exact) mass is 327 g/mol. The number of benzene rings is 1. The van der Waals surface area contributed by atoms with Crippen LogP contribution >= 0.6 is 15.9 Å². The Morgan fingerprint density at radius 2 is 2.11 bits per heavy atom. The second-order valence-corrected chi connectivity index (χ2v) is 6.05. The van der Waals surface area contributed by atoms with Crippen LogP contribution in [0.15, 0.2) is 16.6 Å². The van der Waals surface area contributed by atoms with Crippen LogP contribution in [0.4, 0.5) is 5.69 Å². The van der Waals surface area contributed by atoms with E-state index in [1.165, 1.54) is 0 Å². The van der Waals surface area contributed by atoms with Crippen molar-refractivity contribution in [1.29, 1.82) is 0 Å². The number of hydrogen-bond donors (Lipinski definition) is 2. The third-order valence-corrected chi connectivity index (χ3v) is 3.50. The summed E-state index contributed by atoms with van der Waals surface area (Å²) in [5, 5.41) is 3.00. The Morgan fingerprint density at radius 3 is 2.68 bits per heavy atom. The number of rotatable bonds is 5. The molecular weight excluding hydrogens is 306 g/mol. The van der Waals surface area contributed by atoms with Gasteiger partial charge < -0.3 is 16.0 Å². The normalized spacial score (nSPS) is 12.5. The maximum absolute atomic E-state index is 12.2. The van der Waals surface area contributed by atoms with Crippen molar-refractivity contribution in [3.63, 3.8) is 0 Å². The number of nitrogens with zero attached hydrogens (tertiary/aromatic N) is 1. The first kappa shape index (κ1) is 16.0. The molecule has 0 bridgehead atoms. The predicted molar refractivity (Wildman–Crippen MR) is 83.4 cm³/mol. The average molecular weight is 328 g/mol. The number of carbonyl (C=O) groups is 1. The van der Waals surface area contributed by atoms with E-state index in [4.69, 9.17) is 5.73 Å². The molecule has 0 aliphatic heterocycles. The number of nitrogen functional groups attached to an aromatic ring is 1. The Hall–Kier alpha value is -1.07. The SMILES string of the molecule is Cc1c(N)cc(Br)cc1C(=O)NC(C)CCN(C)C. The Bertz CT molecular complexity index is 460. The van der Waals surface area contributed by atoms with Crippen molar-refractivity contribution in [3.8, 4) is 0 Å². The van der Waals surface area contributed by atoms with Gasteiger partial charge in [0.25, 0.3) is 5.91 Å². The largest absolute Gasteiger partial charge is 0.398 e. The molecule has 1 atom stereocenters. The van der Waals surface area contributed by atoms with E-state index in [1.54, 1.807) is 6.07 Å². The second-order valence-electron chi connectivity index (χ2n) is 5.13. The number of hydrogen-bond acceptors (Lipinski definition) is 3. The van der Waals surface area contributed by atoms with Gasteiger partial charge in [-0.2, -0.15) is 0 Å². The molecule has 0 saturated heterocycles. The quantitative estimate of drug-likeness (QED) is 0.816. The molecule has 0 heterocycles. The summed E-state index contributed by atoms with van der Waals surface area (Å²) in [6, 6.07) is 3.75. The highest BCUT2D eigenvalue weighted by Crippen LogP contribution is 2.22. The van der Waals surface area contributed by atoms with Gasteiger partial charge in [0.15, 0.2) is 0 Å². The lowest BCUT2D eigenvalue weighted by Gasteiger charge is -2.18. The van der Waals surface area contributed by atoms with Crippen molar-refractivity contribution in [2.75, 3.05) is 26.4 Å². The lowest BCUT2D eigenvalue weighted by Crippen LogP contribution is -2.35. The molecule has 3 N–H and O–H groups in total. The summed E-state index contributed by atoms with van der Waals surface area (Å²) in [6.45, 7) is 4.82. The highest BCUT2D eigenvalue weighted by atomic mass is 79.9. The van der Waals surface area contributed by atoms with Crippen molar-refractivity contribution in [3.05, 3.63) is 27.7 Å². The zero-order valence-corrected chi connectivity index (χ0v) is 13.5. The van der Waals surface area contributed by atoms with E-state index in [0.29, 0.717) is 11.3 Å². The number of halogens is 1. The average Bonchev–Trinajstić information content (AvgIpc) is 2.31. The van der Waals surface area contributed by atoms with Crippen LogP contribution in [0.2, 0.25) is 0 Å². The van der Waals surface area contributed by atoms with Gasteiger partial charge in [0.1, 0.15) is 0 Å². The second kappa shape index (κ2) is 6.91. The summed E-state index contributed by atoms with van der Waals surface area (Å²) >= 11 is 3.36. The summed E-state index contributed by atoms with van der Waals surface area (Å²) in [4.78, 5) is 14.3. The van der Waals surface area contributed by atoms with Crippen molar-refractivity contribution in [1.82, 2.24) is 10.2 Å². The molecule has 1 aromatic carbocycles. The van der Waals surface area contributed by atoms with Gasteiger partial charge in [-0.05, 0) is 58.6 Å². The third kappa shape index (κ3) is 4.84. The van der Waals surface area contributed by atoms with E-state index in [0.717, 1.165) is 23.0 Å². The fourth-order valence-electron chi connectivity index (χ4n) is 1.76. The molecule has 1 amide bonds. The molecular formula is C14H22BrN3O. The van der Waals surface area contributed by atoms with Crippen LogP contribution in [0, 0.1) is 6.92 Å². The topological polar surface area (TPSA) is 58.4 Å². The van der Waals surface area contributed by atoms with Crippen LogP contribution in [0.5, 0.6) is 0 Å². The zero-order valence-electron chi connectivity index (χ0n) is 12.0. The van der Waals surface area contributed by atoms with Gasteiger partial charge in [-0.1, -0.05) is 15.9 Å². The van der Waals surface area contributed by atoms with Crippen molar-refractivity contribution < 1.29 is 4.79 Å². The van der Waals surface area contributed by atoms with Crippen LogP contribution in [-0.4, -0.2) is 37.5 Å². The van der Waals surface area contributed by atoms with Gasteiger partial charge in [0.05, 0.1) is 0 Å². The van der Waals surface area contributed by atoms with Crippen LogP contribution in [0.1, 0.15) is 29.3 Å². The molecule has 0 aromatic heterocycles. The summed E-state index contributed by atoms with van der Waals surface area (Å²) in [5.41, 5.74) is 7.95. The fraction of sp³-hybridized carbons (Fsp3) is 0.500. The van der Waals surface area contributed by atoms with Crippen LogP contribution in [-0.2, 0) is 0 Å². The van der Waals surface area contributed by atoms with Gasteiger partial charge in [-0.15, -0.1) is 0 Å². The molecule has 0 aliphatic carbocycles. The van der Waals surface area contributed by atoms with E-state index in [-0.39, 0.29) is 11.9 Å². The van der Waals surface area contributed by atoms with Gasteiger partial charge in [0.2, 0.25) is 0 Å². The minimum atomic E-state index is -0.0724. The Labute approximate surface area is 123 Å². The minimum Gasteiger partial charge on any atom is -0.398 e. The van der Waals surface area contributed by atoms with Crippen molar-refractivity contribution in [2.24, 2.45) is 0 Å². The summed E-state index contributed by atoms with van der Waals surface area (Å²) in [5.74, 6) is -0.0724. The van der Waals surface area contributed by atoms with E-state index in [9.17, 15) is 4.79 Å². The smallest absolute Gasteiger partial charge is 0.251 e. The Balaban J connectivity index is 2.73. The number of nitrogens with one attached hydrogen (secondary N) is 1. The molecule has 1 unspecified atom stereocenters. The number of nitrogens with two attached hydrogens (primary N) is 1. The molecule has 19 heavy (non-hydrogen) atoms. The van der Waals surface area contributed by atoms with Crippen LogP contribution < -0.4 is 11.1 Å². The molecule has 0 aliphatic rings. The first-order valence-corrected chi connectivity index (χ1v) is 7.11. The standard InChI is InChI=1S/C14H22BrN3O/c1-9(5-6-18(3)4)17-14(19)12-7-11(15)8-13(16)10(12)2/h7-9H,5-6,16H2,1-4H3,(H,17,19). The van der Waals surface area contributed by atoms with Gasteiger partial charge >= 0.3 is 0 Å². The summed E-state index contributed by atoms with van der Waals surface area (Å²) < 4.78 is 0.821. The minimum absolute atomic E-state index is 0.0724. The Kier molecular flexibility index (Phi) is 5.82. The maximum Gasteiger partial charge on any atom is 0.251 e. The van der Waals surface area contributed by atoms with Gasteiger partial charge in [-0.3, -0.25) is 4.79 Å². The lowest BCUT2D eigenvalue weighted by molar-refractivity contribution is 0.0936. The molecule has 0 fully saturated rings. The van der Waals surface area contributed by atoms with E-state index in [2.05, 4.69) is 26.1 Å². The number of amides is 1. The summed E-state index contributed by atoms with van der Waals surface area (Å²) in [7, 11) is 4.04. The predicted octanol–water partition coefficient (Wildman–Crippen LogP) is 2.41. The molecule has 106 valence electrons. The fourth-order valence-corrected chi connectivity index (χ4v) is 2.24. The first-order chi connectivity index (χ1) is 8.81. The zero-order chi connectivity index (χ0) is 14.6. The molecule has 4 nitrogen and oxygen atoms in total. The molecule has 0 saturated carbocycles. The Morgan fingerprint density at radius 1 is 1.47 bits per heavy atom. The van der Waals surface area contributed by atoms with Gasteiger partial charge in [-0.25, -0.2) is 0 Å². The van der Waals surface area contributed by atoms with Crippen LogP contribution in [0.3, 0.4) is 0 Å². The van der Waals surface area contributed by atoms with Gasteiger partial charge in [0, 0.05) is 21.8 Å². The van der Waals surface area contributed by atoms with E-state index < -0.39 is 0 Å². The summed E-state index contributed by atoms with van der Waals surface area (Å²) in [6.07, 6.45) is 0.918. The highest BCUT2D eigenvalue weighted by Gasteiger charge is 2.14. The third-order valence-electron chi connectivity index (χ3n) is 3.04. The maximum atomic E-state index is 12.2. The van der Waals surface area contributed by atoms with Crippen molar-refractivity contribution in [2.45, 2.75) is 26.3 Å². The first-order valence-electron chi connectivity index (χ1n) is 6.32. The van der Waals surface area contributed by atoms with Crippen molar-refractivity contribution >= 4 is 27.5 Å². The molecule has 1 rings (SSSR count). The molecule has 0 spiro atoms. The lowest BCUT2D eigenvalue weighted by atomic mass is 10.1. The van der Waals surface area contributed by atoms with E-state index in [1.807, 2.05) is 34.0 Å². The highest BCUT2D eigenvalue weighted by molar-refractivity contribution is 9.10. The van der Waals surface area contributed by atoms with E-state index >= 15 is 0 Å². The van der Waals surface area contributed by atoms with Crippen LogP contribution in [0.25, 0.3) is 0 Å². The molecule has 5 heteroatoms. The molecule has 0 radical (unpaired) electrons. The molecule has 1 aromatic rings. The number of carbonyl (C=O) groups excluding carboxylic acids is 1. The number of anilines is 1.